The molecule has 0 aliphatic carbocycles. The Morgan fingerprint density at radius 1 is 1.17 bits per heavy atom. The zero-order chi connectivity index (χ0) is 17.6. The number of carbonyl (C=O) groups excluding carboxylic acids is 2. The molecule has 0 fully saturated rings. The molecule has 0 unspecified atom stereocenters. The monoisotopic (exact) mass is 383 g/mol. The van der Waals surface area contributed by atoms with Gasteiger partial charge in [0, 0.05) is 21.2 Å². The number of amides is 1. The molecular weight excluding hydrogens is 373 g/mol. The zero-order valence-corrected chi connectivity index (χ0v) is 14.8. The molecule has 24 heavy (non-hydrogen) atoms. The van der Waals surface area contributed by atoms with Gasteiger partial charge in [-0.2, -0.15) is 0 Å². The maximum Gasteiger partial charge on any atom is 0.261 e. The first-order valence-corrected chi connectivity index (χ1v) is 8.19. The number of Topliss-reactive ketones (excluding diaryl/α,β-unsaturated/α-hetero) is 1. The van der Waals surface area contributed by atoms with Gasteiger partial charge >= 0.3 is 0 Å². The molecule has 0 aromatic heterocycles. The summed E-state index contributed by atoms with van der Waals surface area (Å²) in [4.78, 5) is 24.9. The van der Waals surface area contributed by atoms with Crippen LogP contribution in [0.5, 0.6) is 0 Å². The van der Waals surface area contributed by atoms with Gasteiger partial charge in [0.2, 0.25) is 0 Å². The van der Waals surface area contributed by atoms with Crippen LogP contribution in [0.1, 0.15) is 27.9 Å². The van der Waals surface area contributed by atoms with E-state index >= 15 is 0 Å². The smallest absolute Gasteiger partial charge is 0.261 e. The lowest BCUT2D eigenvalue weighted by atomic mass is 9.87. The predicted octanol–water partition coefficient (Wildman–Crippen LogP) is 4.37. The highest BCUT2D eigenvalue weighted by atomic mass is 35.5. The Morgan fingerprint density at radius 3 is 2.54 bits per heavy atom. The number of nitrogens with one attached hydrogen (secondary N) is 1. The van der Waals surface area contributed by atoms with Crippen LogP contribution in [-0.2, 0) is 10.4 Å². The highest BCUT2D eigenvalue weighted by molar-refractivity contribution is 6.37. The van der Waals surface area contributed by atoms with Gasteiger partial charge in [0.05, 0.1) is 17.1 Å². The van der Waals surface area contributed by atoms with E-state index in [1.54, 1.807) is 19.1 Å². The van der Waals surface area contributed by atoms with E-state index in [4.69, 9.17) is 34.8 Å². The van der Waals surface area contributed by atoms with Crippen LogP contribution >= 0.6 is 34.8 Å². The van der Waals surface area contributed by atoms with E-state index in [-0.39, 0.29) is 10.6 Å². The third-order valence-corrected chi connectivity index (χ3v) is 5.06. The molecule has 0 bridgehead atoms. The normalized spacial score (nSPS) is 19.1. The van der Waals surface area contributed by atoms with Gasteiger partial charge in [-0.15, -0.1) is 0 Å². The number of hydrogen-bond acceptors (Lipinski definition) is 3. The number of hydrogen-bond donors (Lipinski definition) is 2. The SMILES string of the molecule is Cc1c(Cl)ccc2c1NC(=O)[C@@]2(O)CC(=O)c1ccc(Cl)cc1Cl. The van der Waals surface area contributed by atoms with Gasteiger partial charge in [0.1, 0.15) is 0 Å². The van der Waals surface area contributed by atoms with Crippen LogP contribution < -0.4 is 5.32 Å². The molecule has 0 spiro atoms. The Balaban J connectivity index is 2.00. The van der Waals surface area contributed by atoms with Crippen LogP contribution in [0.4, 0.5) is 5.69 Å². The number of carbonyl (C=O) groups is 2. The van der Waals surface area contributed by atoms with Crippen molar-refractivity contribution in [3.63, 3.8) is 0 Å². The van der Waals surface area contributed by atoms with Crippen LogP contribution in [0.15, 0.2) is 30.3 Å². The minimum absolute atomic E-state index is 0.169. The summed E-state index contributed by atoms with van der Waals surface area (Å²) >= 11 is 17.9. The minimum Gasteiger partial charge on any atom is -0.375 e. The molecule has 3 rings (SSSR count). The molecule has 7 heteroatoms. The Labute approximate surface area is 153 Å². The van der Waals surface area contributed by atoms with Crippen molar-refractivity contribution in [1.82, 2.24) is 0 Å². The number of benzene rings is 2. The van der Waals surface area contributed by atoms with Gasteiger partial charge in [-0.25, -0.2) is 0 Å². The molecule has 2 aromatic rings. The lowest BCUT2D eigenvalue weighted by Gasteiger charge is -2.20. The summed E-state index contributed by atoms with van der Waals surface area (Å²) in [5.74, 6) is -1.13. The van der Waals surface area contributed by atoms with Gasteiger partial charge in [-0.1, -0.05) is 40.9 Å². The third-order valence-electron chi connectivity index (χ3n) is 4.11. The molecule has 2 N–H and O–H groups in total. The van der Waals surface area contributed by atoms with Crippen molar-refractivity contribution in [3.8, 4) is 0 Å². The van der Waals surface area contributed by atoms with E-state index < -0.39 is 23.7 Å². The van der Waals surface area contributed by atoms with E-state index in [9.17, 15) is 14.7 Å². The molecule has 1 heterocycles. The molecule has 0 radical (unpaired) electrons. The maximum absolute atomic E-state index is 12.6. The van der Waals surface area contributed by atoms with Crippen molar-refractivity contribution in [1.29, 1.82) is 0 Å². The standard InChI is InChI=1S/C17H12Cl3NO3/c1-8-12(19)5-4-11-15(8)21-16(23)17(11,24)7-14(22)10-3-2-9(18)6-13(10)20/h2-6,24H,7H2,1H3,(H,21,23)/t17-/m1/s1. The largest absolute Gasteiger partial charge is 0.375 e. The Bertz CT molecular complexity index is 882. The summed E-state index contributed by atoms with van der Waals surface area (Å²) in [5.41, 5.74) is -0.375. The van der Waals surface area contributed by atoms with E-state index in [0.29, 0.717) is 26.9 Å². The summed E-state index contributed by atoms with van der Waals surface area (Å²) in [6.45, 7) is 1.73. The van der Waals surface area contributed by atoms with E-state index in [0.717, 1.165) is 0 Å². The maximum atomic E-state index is 12.6. The van der Waals surface area contributed by atoms with Crippen LogP contribution in [0.25, 0.3) is 0 Å². The molecule has 2 aromatic carbocycles. The van der Waals surface area contributed by atoms with Gasteiger partial charge in [-0.3, -0.25) is 9.59 Å². The fourth-order valence-electron chi connectivity index (χ4n) is 2.75. The highest BCUT2D eigenvalue weighted by Crippen LogP contribution is 2.43. The van der Waals surface area contributed by atoms with Crippen molar-refractivity contribution >= 4 is 52.2 Å². The molecular formula is C17H12Cl3NO3. The molecule has 124 valence electrons. The fourth-order valence-corrected chi connectivity index (χ4v) is 3.42. The average molecular weight is 385 g/mol. The van der Waals surface area contributed by atoms with Crippen molar-refractivity contribution in [2.75, 3.05) is 5.32 Å². The highest BCUT2D eigenvalue weighted by Gasteiger charge is 2.47. The second-order valence-corrected chi connectivity index (χ2v) is 6.88. The molecule has 0 saturated carbocycles. The summed E-state index contributed by atoms with van der Waals surface area (Å²) in [6.07, 6.45) is -0.436. The first kappa shape index (κ1) is 17.2. The lowest BCUT2D eigenvalue weighted by molar-refractivity contribution is -0.133. The molecule has 0 saturated heterocycles. The quantitative estimate of drug-likeness (QED) is 0.772. The van der Waals surface area contributed by atoms with Crippen LogP contribution in [0.2, 0.25) is 15.1 Å². The van der Waals surface area contributed by atoms with Gasteiger partial charge in [0.25, 0.3) is 5.91 Å². The molecule has 1 aliphatic heterocycles. The Hall–Kier alpha value is -1.59. The first-order valence-electron chi connectivity index (χ1n) is 7.05. The number of ketones is 1. The number of anilines is 1. The fraction of sp³-hybridized carbons (Fsp3) is 0.176. The van der Waals surface area contributed by atoms with Gasteiger partial charge in [0.15, 0.2) is 11.4 Å². The topological polar surface area (TPSA) is 66.4 Å². The second kappa shape index (κ2) is 6.05. The Morgan fingerprint density at radius 2 is 1.88 bits per heavy atom. The number of fused-ring (bicyclic) bond motifs is 1. The van der Waals surface area contributed by atoms with Crippen molar-refractivity contribution in [3.05, 3.63) is 62.1 Å². The molecule has 1 aliphatic rings. The molecule has 1 atom stereocenters. The summed E-state index contributed by atoms with van der Waals surface area (Å²) in [6, 6.07) is 7.56. The summed E-state index contributed by atoms with van der Waals surface area (Å²) in [5, 5.41) is 14.5. The number of rotatable bonds is 3. The number of aliphatic hydroxyl groups is 1. The second-order valence-electron chi connectivity index (χ2n) is 5.63. The lowest BCUT2D eigenvalue weighted by Crippen LogP contribution is -2.36. The van der Waals surface area contributed by atoms with Crippen LogP contribution in [-0.4, -0.2) is 16.8 Å². The van der Waals surface area contributed by atoms with Crippen molar-refractivity contribution in [2.45, 2.75) is 18.9 Å². The van der Waals surface area contributed by atoms with Crippen LogP contribution in [0.3, 0.4) is 0 Å². The first-order chi connectivity index (χ1) is 11.2. The summed E-state index contributed by atoms with van der Waals surface area (Å²) in [7, 11) is 0. The summed E-state index contributed by atoms with van der Waals surface area (Å²) < 4.78 is 0. The zero-order valence-electron chi connectivity index (χ0n) is 12.5. The van der Waals surface area contributed by atoms with E-state index in [1.165, 1.54) is 18.2 Å². The van der Waals surface area contributed by atoms with Crippen molar-refractivity contribution in [2.24, 2.45) is 0 Å². The van der Waals surface area contributed by atoms with Gasteiger partial charge < -0.3 is 10.4 Å². The van der Waals surface area contributed by atoms with E-state index in [1.807, 2.05) is 0 Å². The Kier molecular flexibility index (Phi) is 4.34. The van der Waals surface area contributed by atoms with E-state index in [2.05, 4.69) is 5.32 Å². The minimum atomic E-state index is -1.97. The average Bonchev–Trinajstić information content (AvgIpc) is 2.75. The van der Waals surface area contributed by atoms with Gasteiger partial charge in [-0.05, 0) is 36.8 Å². The predicted molar refractivity (Wildman–Crippen MR) is 94.1 cm³/mol. The molecule has 4 nitrogen and oxygen atoms in total. The van der Waals surface area contributed by atoms with Crippen molar-refractivity contribution < 1.29 is 14.7 Å². The van der Waals surface area contributed by atoms with Crippen LogP contribution in [0, 0.1) is 6.92 Å². The molecule has 1 amide bonds. The third kappa shape index (κ3) is 2.70. The number of halogens is 3.